The second kappa shape index (κ2) is 12.7. The predicted molar refractivity (Wildman–Crippen MR) is 134 cm³/mol. The minimum atomic E-state index is -0.570. The SMILES string of the molecule is CCNC(=NCC(NC(=O)OC(C)(C)C)c1ccccc1)N1CCN(C(C)=O)CC1.I. The number of nitrogens with zero attached hydrogens (tertiary/aromatic N) is 3. The van der Waals surface area contributed by atoms with Crippen molar-refractivity contribution in [3.63, 3.8) is 0 Å². The van der Waals surface area contributed by atoms with Crippen LogP contribution in [0.4, 0.5) is 4.79 Å². The molecule has 0 spiro atoms. The molecule has 0 bridgehead atoms. The summed E-state index contributed by atoms with van der Waals surface area (Å²) < 4.78 is 5.43. The molecule has 1 saturated heterocycles. The van der Waals surface area contributed by atoms with Gasteiger partial charge in [-0.05, 0) is 33.3 Å². The van der Waals surface area contributed by atoms with E-state index in [1.165, 1.54) is 0 Å². The Bertz CT molecular complexity index is 728. The molecule has 1 unspecified atom stereocenters. The maximum atomic E-state index is 12.4. The second-order valence-corrected chi connectivity index (χ2v) is 8.30. The average molecular weight is 545 g/mol. The molecule has 1 atom stereocenters. The van der Waals surface area contributed by atoms with Gasteiger partial charge in [0.25, 0.3) is 0 Å². The summed E-state index contributed by atoms with van der Waals surface area (Å²) >= 11 is 0. The van der Waals surface area contributed by atoms with Crippen LogP contribution < -0.4 is 10.6 Å². The van der Waals surface area contributed by atoms with Crippen LogP contribution in [0.25, 0.3) is 0 Å². The Morgan fingerprint density at radius 2 is 1.68 bits per heavy atom. The van der Waals surface area contributed by atoms with E-state index in [1.807, 2.05) is 62.9 Å². The molecule has 8 nitrogen and oxygen atoms in total. The lowest BCUT2D eigenvalue weighted by molar-refractivity contribution is -0.130. The number of carbonyl (C=O) groups excluding carboxylic acids is 2. The molecule has 1 fully saturated rings. The number of benzene rings is 1. The van der Waals surface area contributed by atoms with E-state index in [1.54, 1.807) is 6.92 Å². The van der Waals surface area contributed by atoms with E-state index in [9.17, 15) is 9.59 Å². The molecule has 1 heterocycles. The summed E-state index contributed by atoms with van der Waals surface area (Å²) in [5.41, 5.74) is 0.393. The number of hydrogen-bond acceptors (Lipinski definition) is 4. The first-order chi connectivity index (χ1) is 14.2. The number of piperazine rings is 1. The molecule has 0 radical (unpaired) electrons. The maximum Gasteiger partial charge on any atom is 0.408 e. The first-order valence-corrected chi connectivity index (χ1v) is 10.5. The topological polar surface area (TPSA) is 86.3 Å². The van der Waals surface area contributed by atoms with Crippen molar-refractivity contribution in [1.29, 1.82) is 0 Å². The normalized spacial score (nSPS) is 15.6. The molecule has 1 aliphatic heterocycles. The number of nitrogens with one attached hydrogen (secondary N) is 2. The molecule has 1 aliphatic rings. The summed E-state index contributed by atoms with van der Waals surface area (Å²) in [6, 6.07) is 9.44. The highest BCUT2D eigenvalue weighted by atomic mass is 127. The molecule has 0 aliphatic carbocycles. The van der Waals surface area contributed by atoms with Gasteiger partial charge in [-0.3, -0.25) is 9.79 Å². The molecule has 2 amide bonds. The molecule has 9 heteroatoms. The average Bonchev–Trinajstić information content (AvgIpc) is 2.69. The zero-order chi connectivity index (χ0) is 22.1. The fraction of sp³-hybridized carbons (Fsp3) is 0.591. The highest BCUT2D eigenvalue weighted by Gasteiger charge is 2.23. The number of alkyl carbamates (subject to hydrolysis) is 1. The third-order valence-corrected chi connectivity index (χ3v) is 4.68. The summed E-state index contributed by atoms with van der Waals surface area (Å²) in [6.45, 7) is 13.1. The van der Waals surface area contributed by atoms with Gasteiger partial charge in [-0.15, -0.1) is 24.0 Å². The number of guanidine groups is 1. The number of halogens is 1. The van der Waals surface area contributed by atoms with Crippen molar-refractivity contribution in [2.45, 2.75) is 46.3 Å². The van der Waals surface area contributed by atoms with Gasteiger partial charge in [-0.25, -0.2) is 4.79 Å². The zero-order valence-electron chi connectivity index (χ0n) is 19.2. The molecule has 174 valence electrons. The highest BCUT2D eigenvalue weighted by Crippen LogP contribution is 2.15. The van der Waals surface area contributed by atoms with E-state index in [0.717, 1.165) is 31.2 Å². The lowest BCUT2D eigenvalue weighted by Gasteiger charge is -2.36. The lowest BCUT2D eigenvalue weighted by Crippen LogP contribution is -2.53. The first kappa shape index (κ1) is 27.0. The quantitative estimate of drug-likeness (QED) is 0.338. The van der Waals surface area contributed by atoms with Gasteiger partial charge in [-0.2, -0.15) is 0 Å². The number of ether oxygens (including phenoxy) is 1. The molecule has 2 rings (SSSR count). The molecule has 1 aromatic carbocycles. The van der Waals surface area contributed by atoms with Crippen LogP contribution in [-0.4, -0.2) is 72.6 Å². The van der Waals surface area contributed by atoms with Crippen molar-refractivity contribution in [2.24, 2.45) is 4.99 Å². The first-order valence-electron chi connectivity index (χ1n) is 10.5. The third-order valence-electron chi connectivity index (χ3n) is 4.68. The monoisotopic (exact) mass is 545 g/mol. The van der Waals surface area contributed by atoms with Crippen molar-refractivity contribution < 1.29 is 14.3 Å². The van der Waals surface area contributed by atoms with Gasteiger partial charge in [-0.1, -0.05) is 30.3 Å². The maximum absolute atomic E-state index is 12.4. The van der Waals surface area contributed by atoms with Gasteiger partial charge in [0.1, 0.15) is 5.60 Å². The number of amides is 2. The molecule has 0 aromatic heterocycles. The standard InChI is InChI=1S/C22H35N5O3.HI/c1-6-23-20(27-14-12-26(13-15-27)17(2)28)24-16-19(18-10-8-7-9-11-18)25-21(29)30-22(3,4)5;/h7-11,19H,6,12-16H2,1-5H3,(H,23,24)(H,25,29);1H. The Labute approximate surface area is 202 Å². The summed E-state index contributed by atoms with van der Waals surface area (Å²) in [5, 5.41) is 6.27. The number of aliphatic imine (C=N–C) groups is 1. The highest BCUT2D eigenvalue weighted by molar-refractivity contribution is 14.0. The van der Waals surface area contributed by atoms with Crippen LogP contribution in [0.2, 0.25) is 0 Å². The Balaban J connectivity index is 0.00000480. The Morgan fingerprint density at radius 1 is 1.10 bits per heavy atom. The summed E-state index contributed by atoms with van der Waals surface area (Å²) in [6.07, 6.45) is -0.466. The fourth-order valence-corrected chi connectivity index (χ4v) is 3.21. The summed E-state index contributed by atoms with van der Waals surface area (Å²) in [5.74, 6) is 0.884. The lowest BCUT2D eigenvalue weighted by atomic mass is 10.1. The summed E-state index contributed by atoms with van der Waals surface area (Å²) in [7, 11) is 0. The van der Waals surface area contributed by atoms with Gasteiger partial charge in [0.05, 0.1) is 12.6 Å². The van der Waals surface area contributed by atoms with Crippen LogP contribution in [-0.2, 0) is 9.53 Å². The molecule has 31 heavy (non-hydrogen) atoms. The van der Waals surface area contributed by atoms with Crippen molar-refractivity contribution in [3.8, 4) is 0 Å². The number of hydrogen-bond donors (Lipinski definition) is 2. The molecular formula is C22H36IN5O3. The van der Waals surface area contributed by atoms with Crippen molar-refractivity contribution in [2.75, 3.05) is 39.3 Å². The van der Waals surface area contributed by atoms with Gasteiger partial charge in [0, 0.05) is 39.6 Å². The Hall–Kier alpha value is -2.04. The number of carbonyl (C=O) groups is 2. The Kier molecular flexibility index (Phi) is 11.1. The minimum absolute atomic E-state index is 0. The van der Waals surface area contributed by atoms with Gasteiger partial charge >= 0.3 is 6.09 Å². The predicted octanol–water partition coefficient (Wildman–Crippen LogP) is 3.00. The van der Waals surface area contributed by atoms with E-state index in [0.29, 0.717) is 19.6 Å². The number of rotatable bonds is 5. The molecule has 2 N–H and O–H groups in total. The van der Waals surface area contributed by atoms with E-state index >= 15 is 0 Å². The fourth-order valence-electron chi connectivity index (χ4n) is 3.21. The summed E-state index contributed by atoms with van der Waals surface area (Å²) in [4.78, 5) is 32.7. The van der Waals surface area contributed by atoms with E-state index in [-0.39, 0.29) is 35.9 Å². The van der Waals surface area contributed by atoms with Crippen LogP contribution in [0, 0.1) is 0 Å². The van der Waals surface area contributed by atoms with E-state index < -0.39 is 11.7 Å². The second-order valence-electron chi connectivity index (χ2n) is 8.30. The van der Waals surface area contributed by atoms with Crippen LogP contribution in [0.1, 0.15) is 46.2 Å². The van der Waals surface area contributed by atoms with Gasteiger partial charge in [0.2, 0.25) is 5.91 Å². The van der Waals surface area contributed by atoms with Gasteiger partial charge < -0.3 is 25.2 Å². The van der Waals surface area contributed by atoms with Crippen molar-refractivity contribution in [3.05, 3.63) is 35.9 Å². The van der Waals surface area contributed by atoms with Crippen LogP contribution in [0.3, 0.4) is 0 Å². The van der Waals surface area contributed by atoms with Crippen LogP contribution in [0.5, 0.6) is 0 Å². The van der Waals surface area contributed by atoms with E-state index in [4.69, 9.17) is 9.73 Å². The molecular weight excluding hydrogens is 509 g/mol. The third kappa shape index (κ3) is 9.32. The Morgan fingerprint density at radius 3 is 2.19 bits per heavy atom. The minimum Gasteiger partial charge on any atom is -0.444 e. The zero-order valence-corrected chi connectivity index (χ0v) is 21.5. The largest absolute Gasteiger partial charge is 0.444 e. The van der Waals surface area contributed by atoms with Crippen molar-refractivity contribution >= 4 is 41.9 Å². The van der Waals surface area contributed by atoms with Crippen LogP contribution in [0.15, 0.2) is 35.3 Å². The molecule has 0 saturated carbocycles. The smallest absolute Gasteiger partial charge is 0.408 e. The van der Waals surface area contributed by atoms with Crippen LogP contribution >= 0.6 is 24.0 Å². The van der Waals surface area contributed by atoms with Gasteiger partial charge in [0.15, 0.2) is 5.96 Å². The van der Waals surface area contributed by atoms with Crippen molar-refractivity contribution in [1.82, 2.24) is 20.4 Å². The molecule has 1 aromatic rings. The van der Waals surface area contributed by atoms with E-state index in [2.05, 4.69) is 15.5 Å².